The maximum Gasteiger partial charge on any atom is 0.254 e. The van der Waals surface area contributed by atoms with E-state index in [-0.39, 0.29) is 24.1 Å². The van der Waals surface area contributed by atoms with E-state index in [4.69, 9.17) is 0 Å². The average Bonchev–Trinajstić information content (AvgIpc) is 3.29. The summed E-state index contributed by atoms with van der Waals surface area (Å²) < 4.78 is 13.4. The highest BCUT2D eigenvalue weighted by Crippen LogP contribution is 2.27. The minimum absolute atomic E-state index is 0.0436. The van der Waals surface area contributed by atoms with E-state index in [9.17, 15) is 18.8 Å². The molecule has 4 rings (SSSR count). The molecule has 0 spiro atoms. The lowest BCUT2D eigenvalue weighted by Gasteiger charge is -2.40. The highest BCUT2D eigenvalue weighted by molar-refractivity contribution is 5.94. The van der Waals surface area contributed by atoms with Crippen molar-refractivity contribution in [2.45, 2.75) is 44.2 Å². The van der Waals surface area contributed by atoms with Crippen LogP contribution in [0.1, 0.15) is 42.5 Å². The van der Waals surface area contributed by atoms with Gasteiger partial charge in [0.05, 0.1) is 12.5 Å². The van der Waals surface area contributed by atoms with Crippen LogP contribution in [0.4, 0.5) is 4.39 Å². The molecule has 8 heteroatoms. The summed E-state index contributed by atoms with van der Waals surface area (Å²) in [7, 11) is 0. The second-order valence-electron chi connectivity index (χ2n) is 8.37. The number of piperazine rings is 2. The van der Waals surface area contributed by atoms with Crippen molar-refractivity contribution in [2.24, 2.45) is 0 Å². The summed E-state index contributed by atoms with van der Waals surface area (Å²) in [5.74, 6) is -0.757. The van der Waals surface area contributed by atoms with Crippen LogP contribution in [0, 0.1) is 5.82 Å². The Balaban J connectivity index is 1.33. The van der Waals surface area contributed by atoms with Crippen molar-refractivity contribution in [3.05, 3.63) is 35.6 Å². The third-order valence-corrected chi connectivity index (χ3v) is 6.53. The van der Waals surface area contributed by atoms with Gasteiger partial charge in [0.15, 0.2) is 0 Å². The number of carbonyl (C=O) groups excluding carboxylic acids is 3. The molecule has 1 saturated carbocycles. The molecule has 2 aliphatic heterocycles. The van der Waals surface area contributed by atoms with Crippen molar-refractivity contribution in [1.82, 2.24) is 20.0 Å². The highest BCUT2D eigenvalue weighted by atomic mass is 19.1. The zero-order valence-electron chi connectivity index (χ0n) is 17.2. The van der Waals surface area contributed by atoms with Crippen LogP contribution in [-0.4, -0.2) is 83.8 Å². The predicted molar refractivity (Wildman–Crippen MR) is 109 cm³/mol. The zero-order chi connectivity index (χ0) is 21.1. The molecule has 7 nitrogen and oxygen atoms in total. The van der Waals surface area contributed by atoms with Gasteiger partial charge in [-0.15, -0.1) is 0 Å². The van der Waals surface area contributed by atoms with Crippen molar-refractivity contribution >= 4 is 17.7 Å². The molecule has 3 amide bonds. The molecular weight excluding hydrogens is 387 g/mol. The second-order valence-corrected chi connectivity index (χ2v) is 8.37. The first-order valence-electron chi connectivity index (χ1n) is 10.9. The van der Waals surface area contributed by atoms with Gasteiger partial charge in [-0.2, -0.15) is 0 Å². The van der Waals surface area contributed by atoms with E-state index in [0.29, 0.717) is 44.3 Å². The minimum Gasteiger partial charge on any atom is -0.353 e. The van der Waals surface area contributed by atoms with Crippen LogP contribution >= 0.6 is 0 Å². The molecule has 2 saturated heterocycles. The number of hydrogen-bond acceptors (Lipinski definition) is 4. The van der Waals surface area contributed by atoms with Crippen molar-refractivity contribution in [2.75, 3.05) is 39.3 Å². The fourth-order valence-corrected chi connectivity index (χ4v) is 4.87. The van der Waals surface area contributed by atoms with Crippen LogP contribution < -0.4 is 5.32 Å². The Labute approximate surface area is 176 Å². The standard InChI is InChI=1S/C22H29FN4O3/c23-17-5-3-4-16(14-17)22(30)26-12-10-25(11-13-26)20(28)15-19-21(29)24-8-9-27(19)18-6-1-2-7-18/h3-5,14,18-19H,1-2,6-13,15H2,(H,24,29)/t19-/m0/s1. The summed E-state index contributed by atoms with van der Waals surface area (Å²) in [6.07, 6.45) is 4.74. The van der Waals surface area contributed by atoms with Gasteiger partial charge in [-0.3, -0.25) is 19.3 Å². The Bertz CT molecular complexity index is 803. The van der Waals surface area contributed by atoms with Gasteiger partial charge in [-0.25, -0.2) is 4.39 Å². The maximum atomic E-state index is 13.4. The Hall–Kier alpha value is -2.48. The first-order chi connectivity index (χ1) is 14.5. The molecule has 0 unspecified atom stereocenters. The van der Waals surface area contributed by atoms with Crippen LogP contribution in [0.25, 0.3) is 0 Å². The van der Waals surface area contributed by atoms with Crippen molar-refractivity contribution < 1.29 is 18.8 Å². The van der Waals surface area contributed by atoms with Crippen LogP contribution in [0.3, 0.4) is 0 Å². The number of hydrogen-bond donors (Lipinski definition) is 1. The number of amides is 3. The normalized spacial score (nSPS) is 23.5. The van der Waals surface area contributed by atoms with Crippen molar-refractivity contribution in [1.29, 1.82) is 0 Å². The van der Waals surface area contributed by atoms with E-state index >= 15 is 0 Å². The minimum atomic E-state index is -0.438. The number of rotatable bonds is 4. The van der Waals surface area contributed by atoms with E-state index in [2.05, 4.69) is 10.2 Å². The van der Waals surface area contributed by atoms with Crippen molar-refractivity contribution in [3.8, 4) is 0 Å². The Morgan fingerprint density at radius 1 is 1.03 bits per heavy atom. The van der Waals surface area contributed by atoms with Crippen LogP contribution in [0.5, 0.6) is 0 Å². The summed E-state index contributed by atoms with van der Waals surface area (Å²) in [6, 6.07) is 5.66. The summed E-state index contributed by atoms with van der Waals surface area (Å²) in [6.45, 7) is 3.11. The van der Waals surface area contributed by atoms with Crippen molar-refractivity contribution in [3.63, 3.8) is 0 Å². The molecule has 0 aromatic heterocycles. The quantitative estimate of drug-likeness (QED) is 0.802. The molecule has 1 aromatic carbocycles. The van der Waals surface area contributed by atoms with E-state index in [1.165, 1.54) is 31.0 Å². The van der Waals surface area contributed by atoms with E-state index in [1.54, 1.807) is 15.9 Å². The fourth-order valence-electron chi connectivity index (χ4n) is 4.87. The first kappa shape index (κ1) is 20.8. The molecule has 0 bridgehead atoms. The Morgan fingerprint density at radius 2 is 1.73 bits per heavy atom. The number of carbonyl (C=O) groups is 3. The zero-order valence-corrected chi connectivity index (χ0v) is 17.2. The largest absolute Gasteiger partial charge is 0.353 e. The lowest BCUT2D eigenvalue weighted by atomic mass is 10.0. The maximum absolute atomic E-state index is 13.4. The van der Waals surface area contributed by atoms with E-state index in [1.807, 2.05) is 0 Å². The third kappa shape index (κ3) is 4.48. The van der Waals surface area contributed by atoms with Gasteiger partial charge in [0, 0.05) is 50.9 Å². The Kier molecular flexibility index (Phi) is 6.32. The second kappa shape index (κ2) is 9.12. The summed E-state index contributed by atoms with van der Waals surface area (Å²) >= 11 is 0. The smallest absolute Gasteiger partial charge is 0.254 e. The van der Waals surface area contributed by atoms with Crippen LogP contribution in [0.2, 0.25) is 0 Å². The number of halogens is 1. The Morgan fingerprint density at radius 3 is 2.43 bits per heavy atom. The SMILES string of the molecule is O=C1NCCN(C2CCCC2)[C@H]1CC(=O)N1CCN(C(=O)c2cccc(F)c2)CC1. The molecule has 30 heavy (non-hydrogen) atoms. The molecule has 3 aliphatic rings. The van der Waals surface area contributed by atoms with Crippen LogP contribution in [-0.2, 0) is 9.59 Å². The van der Waals surface area contributed by atoms with Crippen LogP contribution in [0.15, 0.2) is 24.3 Å². The third-order valence-electron chi connectivity index (χ3n) is 6.53. The number of benzene rings is 1. The first-order valence-corrected chi connectivity index (χ1v) is 10.9. The van der Waals surface area contributed by atoms with Gasteiger partial charge in [0.2, 0.25) is 11.8 Å². The molecule has 3 fully saturated rings. The predicted octanol–water partition coefficient (Wildman–Crippen LogP) is 1.24. The molecular formula is C22H29FN4O3. The summed E-state index contributed by atoms with van der Waals surface area (Å²) in [5.41, 5.74) is 0.320. The number of nitrogens with zero attached hydrogens (tertiary/aromatic N) is 3. The molecule has 162 valence electrons. The topological polar surface area (TPSA) is 73.0 Å². The van der Waals surface area contributed by atoms with Gasteiger partial charge in [-0.1, -0.05) is 18.9 Å². The average molecular weight is 416 g/mol. The lowest BCUT2D eigenvalue weighted by Crippen LogP contribution is -2.60. The van der Waals surface area contributed by atoms with Gasteiger partial charge in [0.25, 0.3) is 5.91 Å². The highest BCUT2D eigenvalue weighted by Gasteiger charge is 2.38. The van der Waals surface area contributed by atoms with Gasteiger partial charge >= 0.3 is 0 Å². The summed E-state index contributed by atoms with van der Waals surface area (Å²) in [5, 5.41) is 2.90. The molecule has 2 heterocycles. The van der Waals surface area contributed by atoms with E-state index in [0.717, 1.165) is 19.4 Å². The molecule has 1 atom stereocenters. The van der Waals surface area contributed by atoms with Gasteiger partial charge in [-0.05, 0) is 31.0 Å². The fraction of sp³-hybridized carbons (Fsp3) is 0.591. The van der Waals surface area contributed by atoms with E-state index < -0.39 is 11.9 Å². The molecule has 1 aromatic rings. The van der Waals surface area contributed by atoms with Gasteiger partial charge in [0.1, 0.15) is 5.82 Å². The molecule has 1 N–H and O–H groups in total. The monoisotopic (exact) mass is 416 g/mol. The molecule has 0 radical (unpaired) electrons. The van der Waals surface area contributed by atoms with Gasteiger partial charge < -0.3 is 15.1 Å². The summed E-state index contributed by atoms with van der Waals surface area (Å²) in [4.78, 5) is 43.6. The number of nitrogens with one attached hydrogen (secondary N) is 1. The lowest BCUT2D eigenvalue weighted by molar-refractivity contribution is -0.140. The molecule has 1 aliphatic carbocycles.